The Hall–Kier alpha value is -2.11. The van der Waals surface area contributed by atoms with Gasteiger partial charge in [0, 0.05) is 20.1 Å². The fourth-order valence-corrected chi connectivity index (χ4v) is 2.23. The van der Waals surface area contributed by atoms with Gasteiger partial charge in [-0.15, -0.1) is 0 Å². The van der Waals surface area contributed by atoms with Crippen LogP contribution in [0.25, 0.3) is 0 Å². The topological polar surface area (TPSA) is 60.0 Å². The maximum Gasteiger partial charge on any atom is 0.317 e. The maximum absolute atomic E-state index is 12.1. The molecule has 0 aliphatic carbocycles. The van der Waals surface area contributed by atoms with Crippen LogP contribution in [0, 0.1) is 5.92 Å². The molecular weight excluding hydrogens is 296 g/mol. The number of urea groups is 1. The van der Waals surface area contributed by atoms with Gasteiger partial charge in [-0.2, -0.15) is 0 Å². The Morgan fingerprint density at radius 2 is 1.74 bits per heavy atom. The van der Waals surface area contributed by atoms with Gasteiger partial charge in [-0.3, -0.25) is 0 Å². The number of hydrogen-bond acceptors (Lipinski definition) is 4. The normalized spacial score (nSPS) is 11.6. The molecule has 0 bridgehead atoms. The van der Waals surface area contributed by atoms with E-state index in [2.05, 4.69) is 19.2 Å². The van der Waals surface area contributed by atoms with Gasteiger partial charge in [0.05, 0.1) is 21.3 Å². The van der Waals surface area contributed by atoms with Crippen molar-refractivity contribution < 1.29 is 19.0 Å². The average Bonchev–Trinajstić information content (AvgIpc) is 2.57. The molecule has 0 unspecified atom stereocenters. The van der Waals surface area contributed by atoms with E-state index in [1.807, 2.05) is 12.1 Å². The van der Waals surface area contributed by atoms with E-state index < -0.39 is 0 Å². The van der Waals surface area contributed by atoms with E-state index in [4.69, 9.17) is 14.2 Å². The maximum atomic E-state index is 12.1. The van der Waals surface area contributed by atoms with Gasteiger partial charge in [0.2, 0.25) is 5.75 Å². The van der Waals surface area contributed by atoms with E-state index in [0.29, 0.717) is 29.7 Å². The number of hydrogen-bond donors (Lipinski definition) is 1. The fraction of sp³-hybridized carbons (Fsp3) is 0.588. The Morgan fingerprint density at radius 3 is 2.17 bits per heavy atom. The second-order valence-electron chi connectivity index (χ2n) is 5.59. The third-order valence-corrected chi connectivity index (χ3v) is 3.80. The minimum atomic E-state index is -0.0981. The van der Waals surface area contributed by atoms with Crippen molar-refractivity contribution in [1.82, 2.24) is 10.2 Å². The van der Waals surface area contributed by atoms with Gasteiger partial charge in [0.25, 0.3) is 0 Å². The lowest BCUT2D eigenvalue weighted by atomic mass is 10.1. The highest BCUT2D eigenvalue weighted by atomic mass is 16.5. The molecule has 0 heterocycles. The summed E-state index contributed by atoms with van der Waals surface area (Å²) < 4.78 is 15.9. The average molecular weight is 324 g/mol. The van der Waals surface area contributed by atoms with Gasteiger partial charge in [-0.05, 0) is 23.6 Å². The zero-order valence-corrected chi connectivity index (χ0v) is 14.9. The molecule has 0 radical (unpaired) electrons. The molecule has 0 aliphatic rings. The van der Waals surface area contributed by atoms with Crippen LogP contribution in [-0.2, 0) is 6.54 Å². The number of carbonyl (C=O) groups excluding carboxylic acids is 1. The first-order valence-electron chi connectivity index (χ1n) is 7.74. The van der Waals surface area contributed by atoms with Gasteiger partial charge in [0.15, 0.2) is 11.5 Å². The van der Waals surface area contributed by atoms with Crippen LogP contribution in [0.3, 0.4) is 0 Å². The molecule has 2 amide bonds. The molecule has 1 aromatic carbocycles. The molecule has 0 aromatic heterocycles. The smallest absolute Gasteiger partial charge is 0.317 e. The fourth-order valence-electron chi connectivity index (χ4n) is 2.23. The van der Waals surface area contributed by atoms with Crippen LogP contribution >= 0.6 is 0 Å². The number of nitrogens with zero attached hydrogens (tertiary/aromatic N) is 1. The number of nitrogens with one attached hydrogen (secondary N) is 1. The summed E-state index contributed by atoms with van der Waals surface area (Å²) in [5, 5.41) is 2.90. The SMILES string of the molecule is CC[C@H](C)CN(C)C(=O)NCc1cc(OC)c(OC)c(OC)c1. The van der Waals surface area contributed by atoms with E-state index >= 15 is 0 Å². The molecule has 130 valence electrons. The van der Waals surface area contributed by atoms with E-state index in [1.165, 1.54) is 0 Å². The third-order valence-electron chi connectivity index (χ3n) is 3.80. The molecule has 0 fully saturated rings. The molecule has 6 heteroatoms. The molecule has 1 rings (SSSR count). The highest BCUT2D eigenvalue weighted by Gasteiger charge is 2.15. The molecule has 23 heavy (non-hydrogen) atoms. The summed E-state index contributed by atoms with van der Waals surface area (Å²) in [7, 11) is 6.50. The summed E-state index contributed by atoms with van der Waals surface area (Å²) in [5.74, 6) is 2.17. The number of rotatable bonds is 8. The molecule has 0 saturated heterocycles. The second kappa shape index (κ2) is 9.12. The highest BCUT2D eigenvalue weighted by molar-refractivity contribution is 5.73. The van der Waals surface area contributed by atoms with Crippen LogP contribution in [0.2, 0.25) is 0 Å². The van der Waals surface area contributed by atoms with Crippen molar-refractivity contribution in [3.8, 4) is 17.2 Å². The molecule has 6 nitrogen and oxygen atoms in total. The Balaban J connectivity index is 2.76. The molecule has 1 aromatic rings. The molecule has 1 N–H and O–H groups in total. The van der Waals surface area contributed by atoms with Crippen molar-refractivity contribution in [2.75, 3.05) is 34.9 Å². The first-order valence-corrected chi connectivity index (χ1v) is 7.74. The Morgan fingerprint density at radius 1 is 1.17 bits per heavy atom. The van der Waals surface area contributed by atoms with Crippen LogP contribution in [0.4, 0.5) is 4.79 Å². The van der Waals surface area contributed by atoms with Gasteiger partial charge in [0.1, 0.15) is 0 Å². The van der Waals surface area contributed by atoms with Crippen molar-refractivity contribution in [3.63, 3.8) is 0 Å². The summed E-state index contributed by atoms with van der Waals surface area (Å²) >= 11 is 0. The number of ether oxygens (including phenoxy) is 3. The van der Waals surface area contributed by atoms with Crippen molar-refractivity contribution in [1.29, 1.82) is 0 Å². The van der Waals surface area contributed by atoms with Crippen LogP contribution in [-0.4, -0.2) is 45.9 Å². The summed E-state index contributed by atoms with van der Waals surface area (Å²) in [6, 6.07) is 3.56. The van der Waals surface area contributed by atoms with E-state index in [-0.39, 0.29) is 6.03 Å². The number of methoxy groups -OCH3 is 3. The van der Waals surface area contributed by atoms with Gasteiger partial charge >= 0.3 is 6.03 Å². The molecule has 0 spiro atoms. The minimum absolute atomic E-state index is 0.0981. The van der Waals surface area contributed by atoms with E-state index in [0.717, 1.165) is 18.5 Å². The van der Waals surface area contributed by atoms with Gasteiger partial charge < -0.3 is 24.4 Å². The highest BCUT2D eigenvalue weighted by Crippen LogP contribution is 2.38. The van der Waals surface area contributed by atoms with Crippen molar-refractivity contribution in [2.24, 2.45) is 5.92 Å². The first-order chi connectivity index (χ1) is 11.0. The lowest BCUT2D eigenvalue weighted by molar-refractivity contribution is 0.201. The number of amides is 2. The zero-order chi connectivity index (χ0) is 17.4. The minimum Gasteiger partial charge on any atom is -0.493 e. The molecular formula is C17H28N2O4. The van der Waals surface area contributed by atoms with E-state index in [1.54, 1.807) is 33.3 Å². The predicted molar refractivity (Wildman–Crippen MR) is 90.4 cm³/mol. The number of carbonyl (C=O) groups is 1. The lowest BCUT2D eigenvalue weighted by Crippen LogP contribution is -2.39. The van der Waals surface area contributed by atoms with Crippen LogP contribution in [0.15, 0.2) is 12.1 Å². The lowest BCUT2D eigenvalue weighted by Gasteiger charge is -2.21. The Labute approximate surface area is 138 Å². The first kappa shape index (κ1) is 18.9. The quantitative estimate of drug-likeness (QED) is 0.799. The van der Waals surface area contributed by atoms with E-state index in [9.17, 15) is 4.79 Å². The summed E-state index contributed by atoms with van der Waals surface area (Å²) in [6.07, 6.45) is 1.05. The van der Waals surface area contributed by atoms with Crippen molar-refractivity contribution in [3.05, 3.63) is 17.7 Å². The van der Waals surface area contributed by atoms with Gasteiger partial charge in [-0.25, -0.2) is 4.79 Å². The standard InChI is InChI=1S/C17H28N2O4/c1-7-12(2)11-19(3)17(20)18-10-13-8-14(21-4)16(23-6)15(9-13)22-5/h8-9,12H,7,10-11H2,1-6H3,(H,18,20)/t12-/m0/s1. The largest absolute Gasteiger partial charge is 0.493 e. The van der Waals surface area contributed by atoms with Gasteiger partial charge in [-0.1, -0.05) is 20.3 Å². The van der Waals surface area contributed by atoms with Crippen LogP contribution < -0.4 is 19.5 Å². The zero-order valence-electron chi connectivity index (χ0n) is 14.9. The Kier molecular flexibility index (Phi) is 7.51. The van der Waals surface area contributed by atoms with Crippen molar-refractivity contribution >= 4 is 6.03 Å². The summed E-state index contributed by atoms with van der Waals surface area (Å²) in [5.41, 5.74) is 0.879. The molecule has 0 saturated carbocycles. The monoisotopic (exact) mass is 324 g/mol. The number of benzene rings is 1. The molecule has 0 aliphatic heterocycles. The predicted octanol–water partition coefficient (Wildman–Crippen LogP) is 2.90. The summed E-state index contributed by atoms with van der Waals surface area (Å²) in [4.78, 5) is 13.8. The summed E-state index contributed by atoms with van der Waals surface area (Å²) in [6.45, 7) is 5.37. The second-order valence-corrected chi connectivity index (χ2v) is 5.59. The van der Waals surface area contributed by atoms with Crippen LogP contribution in [0.1, 0.15) is 25.8 Å². The van der Waals surface area contributed by atoms with Crippen molar-refractivity contribution in [2.45, 2.75) is 26.8 Å². The Bertz CT molecular complexity index is 494. The molecule has 1 atom stereocenters. The third kappa shape index (κ3) is 5.23. The van der Waals surface area contributed by atoms with Crippen LogP contribution in [0.5, 0.6) is 17.2 Å².